The Hall–Kier alpha value is -3.02. The third kappa shape index (κ3) is 4.27. The Labute approximate surface area is 163 Å². The number of rotatable bonds is 8. The Kier molecular flexibility index (Phi) is 6.19. The average Bonchev–Trinajstić information content (AvgIpc) is 3.03. The third-order valence-electron chi connectivity index (χ3n) is 4.52. The van der Waals surface area contributed by atoms with E-state index in [1.54, 1.807) is 6.07 Å². The van der Waals surface area contributed by atoms with Crippen molar-refractivity contribution in [2.45, 2.75) is 26.7 Å². The molecule has 0 saturated heterocycles. The van der Waals surface area contributed by atoms with Gasteiger partial charge < -0.3 is 19.8 Å². The average molecular weight is 384 g/mol. The van der Waals surface area contributed by atoms with Gasteiger partial charge in [-0.1, -0.05) is 19.1 Å². The number of hydrogen-bond acceptors (Lipinski definition) is 3. The van der Waals surface area contributed by atoms with E-state index < -0.39 is 5.82 Å². The molecule has 2 N–H and O–H groups in total. The molecule has 0 unspecified atom stereocenters. The Morgan fingerprint density at radius 1 is 1.25 bits per heavy atom. The Balaban J connectivity index is 2.08. The van der Waals surface area contributed by atoms with Gasteiger partial charge >= 0.3 is 0 Å². The van der Waals surface area contributed by atoms with Gasteiger partial charge in [0.05, 0.1) is 13.7 Å². The van der Waals surface area contributed by atoms with E-state index in [-0.39, 0.29) is 11.7 Å². The van der Waals surface area contributed by atoms with E-state index in [9.17, 15) is 9.18 Å². The van der Waals surface area contributed by atoms with Crippen LogP contribution in [-0.2, 0) is 11.2 Å². The van der Waals surface area contributed by atoms with Crippen LogP contribution in [0.2, 0.25) is 0 Å². The fourth-order valence-corrected chi connectivity index (χ4v) is 3.24. The van der Waals surface area contributed by atoms with Crippen LogP contribution in [0.15, 0.2) is 36.4 Å². The summed E-state index contributed by atoms with van der Waals surface area (Å²) in [5.41, 5.74) is 3.51. The van der Waals surface area contributed by atoms with Gasteiger partial charge in [0.15, 0.2) is 11.6 Å². The van der Waals surface area contributed by atoms with Crippen molar-refractivity contribution in [1.82, 2.24) is 10.3 Å². The summed E-state index contributed by atoms with van der Waals surface area (Å²) in [6.45, 7) is 4.68. The lowest BCUT2D eigenvalue weighted by Gasteiger charge is -2.09. The van der Waals surface area contributed by atoms with Gasteiger partial charge in [-0.25, -0.2) is 4.39 Å². The molecule has 2 aromatic carbocycles. The van der Waals surface area contributed by atoms with E-state index in [1.807, 2.05) is 24.3 Å². The number of aromatic amines is 1. The molecule has 1 heterocycles. The van der Waals surface area contributed by atoms with Crippen molar-refractivity contribution < 1.29 is 18.7 Å². The zero-order valence-corrected chi connectivity index (χ0v) is 16.4. The number of carbonyl (C=O) groups is 1. The smallest absolute Gasteiger partial charge is 0.216 e. The molecule has 0 aliphatic heterocycles. The minimum atomic E-state index is -0.420. The van der Waals surface area contributed by atoms with Crippen molar-refractivity contribution in [2.24, 2.45) is 0 Å². The number of halogens is 1. The minimum Gasteiger partial charge on any atom is -0.494 e. The second-order valence-corrected chi connectivity index (χ2v) is 6.62. The molecule has 0 atom stereocenters. The van der Waals surface area contributed by atoms with Crippen LogP contribution in [0.4, 0.5) is 4.39 Å². The number of amides is 1. The number of hydrogen-bond donors (Lipinski definition) is 2. The summed E-state index contributed by atoms with van der Waals surface area (Å²) in [4.78, 5) is 14.6. The van der Waals surface area contributed by atoms with Crippen LogP contribution in [0.1, 0.15) is 25.8 Å². The maximum Gasteiger partial charge on any atom is 0.216 e. The number of H-pyrrole nitrogens is 1. The summed E-state index contributed by atoms with van der Waals surface area (Å²) in [6, 6.07) is 10.9. The molecule has 0 spiro atoms. The first-order valence-corrected chi connectivity index (χ1v) is 9.39. The van der Waals surface area contributed by atoms with Crippen LogP contribution >= 0.6 is 0 Å². The number of nitrogens with one attached hydrogen (secondary N) is 2. The number of fused-ring (bicyclic) bond motifs is 1. The molecule has 3 aromatic rings. The van der Waals surface area contributed by atoms with Crippen LogP contribution in [0, 0.1) is 5.82 Å². The first-order chi connectivity index (χ1) is 13.5. The number of benzene rings is 2. The molecule has 0 fully saturated rings. The summed E-state index contributed by atoms with van der Waals surface area (Å²) in [5.74, 6) is 0.477. The van der Waals surface area contributed by atoms with Crippen molar-refractivity contribution in [2.75, 3.05) is 20.3 Å². The molecule has 148 valence electrons. The topological polar surface area (TPSA) is 63.4 Å². The van der Waals surface area contributed by atoms with Gasteiger partial charge in [0, 0.05) is 41.7 Å². The molecule has 1 aromatic heterocycles. The van der Waals surface area contributed by atoms with E-state index in [1.165, 1.54) is 20.1 Å². The molecule has 0 radical (unpaired) electrons. The molecule has 0 aliphatic rings. The highest BCUT2D eigenvalue weighted by Crippen LogP contribution is 2.35. The molecular weight excluding hydrogens is 359 g/mol. The van der Waals surface area contributed by atoms with Gasteiger partial charge in [-0.3, -0.25) is 4.79 Å². The number of carbonyl (C=O) groups excluding carboxylic acids is 1. The number of aromatic nitrogens is 1. The maximum atomic E-state index is 14.2. The van der Waals surface area contributed by atoms with Gasteiger partial charge in [0.25, 0.3) is 0 Å². The molecule has 0 saturated carbocycles. The van der Waals surface area contributed by atoms with Crippen molar-refractivity contribution in [3.05, 3.63) is 47.8 Å². The minimum absolute atomic E-state index is 0.0834. The summed E-state index contributed by atoms with van der Waals surface area (Å²) in [6.07, 6.45) is 1.53. The van der Waals surface area contributed by atoms with E-state index in [0.29, 0.717) is 25.1 Å². The second kappa shape index (κ2) is 8.78. The molecule has 28 heavy (non-hydrogen) atoms. The molecule has 3 rings (SSSR count). The van der Waals surface area contributed by atoms with Crippen LogP contribution in [0.25, 0.3) is 22.2 Å². The van der Waals surface area contributed by atoms with Gasteiger partial charge in [-0.15, -0.1) is 0 Å². The van der Waals surface area contributed by atoms with E-state index >= 15 is 0 Å². The summed E-state index contributed by atoms with van der Waals surface area (Å²) < 4.78 is 25.1. The lowest BCUT2D eigenvalue weighted by atomic mass is 10.0. The van der Waals surface area contributed by atoms with Gasteiger partial charge in [-0.05, 0) is 36.6 Å². The van der Waals surface area contributed by atoms with Crippen LogP contribution in [-0.4, -0.2) is 31.2 Å². The highest BCUT2D eigenvalue weighted by molar-refractivity contribution is 5.92. The van der Waals surface area contributed by atoms with Crippen molar-refractivity contribution >= 4 is 16.8 Å². The third-order valence-corrected chi connectivity index (χ3v) is 4.52. The van der Waals surface area contributed by atoms with E-state index in [2.05, 4.69) is 17.2 Å². The fraction of sp³-hybridized carbons (Fsp3) is 0.318. The molecule has 1 amide bonds. The summed E-state index contributed by atoms with van der Waals surface area (Å²) in [5, 5.41) is 3.70. The Morgan fingerprint density at radius 2 is 2.07 bits per heavy atom. The molecular formula is C22H25FN2O3. The molecule has 0 bridgehead atoms. The highest BCUT2D eigenvalue weighted by Gasteiger charge is 2.17. The lowest BCUT2D eigenvalue weighted by Crippen LogP contribution is -2.22. The maximum absolute atomic E-state index is 14.2. The zero-order valence-electron chi connectivity index (χ0n) is 16.4. The largest absolute Gasteiger partial charge is 0.494 e. The Morgan fingerprint density at radius 3 is 2.79 bits per heavy atom. The molecule has 6 heteroatoms. The summed E-state index contributed by atoms with van der Waals surface area (Å²) in [7, 11) is 1.45. The number of ether oxygens (including phenoxy) is 2. The van der Waals surface area contributed by atoms with Gasteiger partial charge in [0.1, 0.15) is 5.75 Å². The van der Waals surface area contributed by atoms with Crippen LogP contribution < -0.4 is 14.8 Å². The Bertz CT molecular complexity index is 981. The highest BCUT2D eigenvalue weighted by atomic mass is 19.1. The predicted molar refractivity (Wildman–Crippen MR) is 108 cm³/mol. The standard InChI is InChI=1S/C22H25FN2O3/c1-4-10-28-16-7-5-6-15(11-16)22-17(8-9-24-14(2)26)18-12-21(27-3)19(23)13-20(18)25-22/h5-7,11-13,25H,4,8-10H2,1-3H3,(H,24,26). The summed E-state index contributed by atoms with van der Waals surface area (Å²) >= 11 is 0. The zero-order chi connectivity index (χ0) is 20.1. The van der Waals surface area contributed by atoms with E-state index in [0.717, 1.165) is 34.4 Å². The fourth-order valence-electron chi connectivity index (χ4n) is 3.24. The monoisotopic (exact) mass is 384 g/mol. The first kappa shape index (κ1) is 19.7. The SMILES string of the molecule is CCCOc1cccc(-c2[nH]c3cc(F)c(OC)cc3c2CCNC(C)=O)c1. The van der Waals surface area contributed by atoms with Crippen LogP contribution in [0.3, 0.4) is 0 Å². The first-order valence-electron chi connectivity index (χ1n) is 9.39. The van der Waals surface area contributed by atoms with Gasteiger partial charge in [-0.2, -0.15) is 0 Å². The molecule has 0 aliphatic carbocycles. The van der Waals surface area contributed by atoms with Crippen molar-refractivity contribution in [3.8, 4) is 22.8 Å². The lowest BCUT2D eigenvalue weighted by molar-refractivity contribution is -0.118. The predicted octanol–water partition coefficient (Wildman–Crippen LogP) is 4.45. The van der Waals surface area contributed by atoms with Crippen molar-refractivity contribution in [1.29, 1.82) is 0 Å². The quantitative estimate of drug-likeness (QED) is 0.603. The van der Waals surface area contributed by atoms with E-state index in [4.69, 9.17) is 9.47 Å². The normalized spacial score (nSPS) is 10.9. The number of methoxy groups -OCH3 is 1. The second-order valence-electron chi connectivity index (χ2n) is 6.62. The van der Waals surface area contributed by atoms with Crippen LogP contribution in [0.5, 0.6) is 11.5 Å². The van der Waals surface area contributed by atoms with Crippen molar-refractivity contribution in [3.63, 3.8) is 0 Å². The molecule has 5 nitrogen and oxygen atoms in total. The van der Waals surface area contributed by atoms with Gasteiger partial charge in [0.2, 0.25) is 5.91 Å².